The van der Waals surface area contributed by atoms with Gasteiger partial charge in [0.15, 0.2) is 17.2 Å². The molecule has 1 N–H and O–H groups in total. The van der Waals surface area contributed by atoms with Crippen LogP contribution in [0.4, 0.5) is 13.2 Å². The van der Waals surface area contributed by atoms with E-state index in [1.54, 1.807) is 18.2 Å². The third-order valence-corrected chi connectivity index (χ3v) is 3.20. The fourth-order valence-corrected chi connectivity index (χ4v) is 2.09. The van der Waals surface area contributed by atoms with Crippen molar-refractivity contribution in [1.82, 2.24) is 15.1 Å². The van der Waals surface area contributed by atoms with Crippen LogP contribution in [0.15, 0.2) is 30.5 Å². The van der Waals surface area contributed by atoms with Crippen LogP contribution in [-0.4, -0.2) is 29.9 Å². The Morgan fingerprint density at radius 1 is 1.25 bits per heavy atom. The number of ether oxygens (including phenoxy) is 2. The molecule has 0 saturated heterocycles. The average molecular weight is 343 g/mol. The molecule has 6 nitrogen and oxygen atoms in total. The molecule has 9 heteroatoms. The number of methoxy groups -OCH3 is 2. The summed E-state index contributed by atoms with van der Waals surface area (Å²) in [6.07, 6.45) is -3.43. The number of para-hydroxylation sites is 1. The first-order chi connectivity index (χ1) is 11.3. The zero-order chi connectivity index (χ0) is 17.7. The van der Waals surface area contributed by atoms with E-state index in [4.69, 9.17) is 9.47 Å². The van der Waals surface area contributed by atoms with Gasteiger partial charge in [-0.3, -0.25) is 9.48 Å². The average Bonchev–Trinajstić information content (AvgIpc) is 3.01. The van der Waals surface area contributed by atoms with Crippen LogP contribution >= 0.6 is 0 Å². The van der Waals surface area contributed by atoms with Crippen molar-refractivity contribution in [2.75, 3.05) is 14.2 Å². The zero-order valence-corrected chi connectivity index (χ0v) is 13.1. The predicted octanol–water partition coefficient (Wildman–Crippen LogP) is 2.24. The van der Waals surface area contributed by atoms with Crippen LogP contribution in [0.25, 0.3) is 0 Å². The summed E-state index contributed by atoms with van der Waals surface area (Å²) in [6.45, 7) is -0.172. The molecule has 2 rings (SSSR count). The largest absolute Gasteiger partial charge is 0.493 e. The number of hydrogen-bond donors (Lipinski definition) is 1. The molecule has 130 valence electrons. The highest BCUT2D eigenvalue weighted by Crippen LogP contribution is 2.30. The van der Waals surface area contributed by atoms with Crippen LogP contribution in [0.2, 0.25) is 0 Å². The van der Waals surface area contributed by atoms with Gasteiger partial charge in [-0.2, -0.15) is 18.3 Å². The number of alkyl halides is 3. The lowest BCUT2D eigenvalue weighted by Gasteiger charge is -2.13. The first kappa shape index (κ1) is 17.6. The van der Waals surface area contributed by atoms with Crippen molar-refractivity contribution in [3.8, 4) is 11.5 Å². The van der Waals surface area contributed by atoms with Crippen molar-refractivity contribution in [2.45, 2.75) is 19.3 Å². The van der Waals surface area contributed by atoms with Gasteiger partial charge in [0.05, 0.1) is 14.2 Å². The summed E-state index contributed by atoms with van der Waals surface area (Å²) < 4.78 is 48.7. The molecule has 0 aliphatic heterocycles. The van der Waals surface area contributed by atoms with E-state index < -0.39 is 17.8 Å². The molecule has 0 atom stereocenters. The molecule has 0 radical (unpaired) electrons. The summed E-state index contributed by atoms with van der Waals surface area (Å²) >= 11 is 0. The van der Waals surface area contributed by atoms with Crippen molar-refractivity contribution < 1.29 is 27.4 Å². The van der Waals surface area contributed by atoms with E-state index in [-0.39, 0.29) is 13.1 Å². The van der Waals surface area contributed by atoms with Gasteiger partial charge in [-0.15, -0.1) is 0 Å². The maximum absolute atomic E-state index is 12.5. The molecule has 1 amide bonds. The van der Waals surface area contributed by atoms with Gasteiger partial charge in [-0.25, -0.2) is 0 Å². The van der Waals surface area contributed by atoms with Crippen molar-refractivity contribution in [1.29, 1.82) is 0 Å². The summed E-state index contributed by atoms with van der Waals surface area (Å²) in [7, 11) is 2.97. The number of benzene rings is 1. The smallest absolute Gasteiger partial charge is 0.435 e. The van der Waals surface area contributed by atoms with Crippen molar-refractivity contribution in [2.24, 2.45) is 0 Å². The lowest BCUT2D eigenvalue weighted by molar-refractivity contribution is -0.141. The molecular weight excluding hydrogens is 327 g/mol. The van der Waals surface area contributed by atoms with Gasteiger partial charge >= 0.3 is 6.18 Å². The van der Waals surface area contributed by atoms with Crippen LogP contribution in [0, 0.1) is 0 Å². The Bertz CT molecular complexity index is 713. The molecule has 1 aromatic carbocycles. The second kappa shape index (κ2) is 7.24. The van der Waals surface area contributed by atoms with Gasteiger partial charge in [0.1, 0.15) is 6.54 Å². The monoisotopic (exact) mass is 343 g/mol. The fourth-order valence-electron chi connectivity index (χ4n) is 2.09. The molecule has 0 fully saturated rings. The summed E-state index contributed by atoms with van der Waals surface area (Å²) in [5.41, 5.74) is -0.355. The minimum absolute atomic E-state index is 0.145. The van der Waals surface area contributed by atoms with E-state index in [1.165, 1.54) is 14.2 Å². The van der Waals surface area contributed by atoms with E-state index in [1.807, 2.05) is 0 Å². The summed E-state index contributed by atoms with van der Waals surface area (Å²) in [5, 5.41) is 5.93. The zero-order valence-electron chi connectivity index (χ0n) is 13.1. The molecule has 2 aromatic rings. The highest BCUT2D eigenvalue weighted by Gasteiger charge is 2.33. The number of nitrogens with zero attached hydrogens (tertiary/aromatic N) is 2. The van der Waals surface area contributed by atoms with Crippen LogP contribution < -0.4 is 14.8 Å². The van der Waals surface area contributed by atoms with E-state index in [2.05, 4.69) is 10.4 Å². The first-order valence-electron chi connectivity index (χ1n) is 6.92. The lowest BCUT2D eigenvalue weighted by atomic mass is 10.2. The SMILES string of the molecule is COc1cccc(CNC(=O)Cn2ccc(C(F)(F)F)n2)c1OC. The topological polar surface area (TPSA) is 65.4 Å². The Morgan fingerprint density at radius 2 is 2.00 bits per heavy atom. The van der Waals surface area contributed by atoms with Gasteiger partial charge in [-0.1, -0.05) is 12.1 Å². The third-order valence-electron chi connectivity index (χ3n) is 3.20. The summed E-state index contributed by atoms with van der Waals surface area (Å²) in [4.78, 5) is 11.9. The number of halogens is 3. The summed E-state index contributed by atoms with van der Waals surface area (Å²) in [6, 6.07) is 6.02. The molecule has 0 unspecified atom stereocenters. The fraction of sp³-hybridized carbons (Fsp3) is 0.333. The highest BCUT2D eigenvalue weighted by molar-refractivity contribution is 5.75. The number of nitrogens with one attached hydrogen (secondary N) is 1. The normalized spacial score (nSPS) is 11.2. The Labute approximate surface area is 136 Å². The third kappa shape index (κ3) is 4.18. The maximum Gasteiger partial charge on any atom is 0.435 e. The Kier molecular flexibility index (Phi) is 5.32. The number of aromatic nitrogens is 2. The van der Waals surface area contributed by atoms with Crippen molar-refractivity contribution in [3.63, 3.8) is 0 Å². The van der Waals surface area contributed by atoms with Crippen LogP contribution in [0.1, 0.15) is 11.3 Å². The molecule has 0 spiro atoms. The van der Waals surface area contributed by atoms with E-state index in [0.29, 0.717) is 17.1 Å². The molecule has 1 heterocycles. The molecule has 1 aromatic heterocycles. The second-order valence-electron chi connectivity index (χ2n) is 4.83. The minimum atomic E-state index is -4.53. The molecule has 0 bridgehead atoms. The predicted molar refractivity (Wildman–Crippen MR) is 78.6 cm³/mol. The van der Waals surface area contributed by atoms with E-state index in [0.717, 1.165) is 16.9 Å². The number of rotatable bonds is 6. The van der Waals surface area contributed by atoms with Crippen molar-refractivity contribution >= 4 is 5.91 Å². The maximum atomic E-state index is 12.5. The van der Waals surface area contributed by atoms with Gasteiger partial charge in [0.2, 0.25) is 5.91 Å². The van der Waals surface area contributed by atoms with Gasteiger partial charge in [-0.05, 0) is 12.1 Å². The number of hydrogen-bond acceptors (Lipinski definition) is 4. The van der Waals surface area contributed by atoms with Crippen LogP contribution in [0.3, 0.4) is 0 Å². The first-order valence-corrected chi connectivity index (χ1v) is 6.92. The standard InChI is InChI=1S/C15H16F3N3O3/c1-23-11-5-3-4-10(14(11)24-2)8-19-13(22)9-21-7-6-12(20-21)15(16,17)18/h3-7H,8-9H2,1-2H3,(H,19,22). The molecule has 24 heavy (non-hydrogen) atoms. The molecule has 0 aliphatic rings. The highest BCUT2D eigenvalue weighted by atomic mass is 19.4. The van der Waals surface area contributed by atoms with Gasteiger partial charge in [0, 0.05) is 18.3 Å². The van der Waals surface area contributed by atoms with Gasteiger partial charge in [0.25, 0.3) is 0 Å². The number of amides is 1. The number of carbonyl (C=O) groups is 1. The Hall–Kier alpha value is -2.71. The van der Waals surface area contributed by atoms with E-state index in [9.17, 15) is 18.0 Å². The van der Waals surface area contributed by atoms with E-state index >= 15 is 0 Å². The molecule has 0 aliphatic carbocycles. The van der Waals surface area contributed by atoms with Crippen LogP contribution in [-0.2, 0) is 24.1 Å². The quantitative estimate of drug-likeness (QED) is 0.874. The summed E-state index contributed by atoms with van der Waals surface area (Å²) in [5.74, 6) is 0.529. The molecule has 0 saturated carbocycles. The number of carbonyl (C=O) groups excluding carboxylic acids is 1. The minimum Gasteiger partial charge on any atom is -0.493 e. The Morgan fingerprint density at radius 3 is 2.58 bits per heavy atom. The van der Waals surface area contributed by atoms with Crippen LogP contribution in [0.5, 0.6) is 11.5 Å². The van der Waals surface area contributed by atoms with Gasteiger partial charge < -0.3 is 14.8 Å². The molecular formula is C15H16F3N3O3. The lowest BCUT2D eigenvalue weighted by Crippen LogP contribution is -2.27. The van der Waals surface area contributed by atoms with Crippen molar-refractivity contribution in [3.05, 3.63) is 41.7 Å². The second-order valence-corrected chi connectivity index (χ2v) is 4.83. The Balaban J connectivity index is 1.98.